The van der Waals surface area contributed by atoms with Crippen LogP contribution >= 0.6 is 0 Å². The SMILES string of the molecule is CCN(CC)C(=O)c1cc(-c2ccc(C)cn2)n(-c2ccc(OC)nn2)n1. The van der Waals surface area contributed by atoms with Crippen LogP contribution in [0, 0.1) is 6.92 Å². The maximum Gasteiger partial charge on any atom is 0.274 e. The number of nitrogens with zero attached hydrogens (tertiary/aromatic N) is 6. The molecule has 0 bridgehead atoms. The number of hydrogen-bond donors (Lipinski definition) is 0. The standard InChI is InChI=1S/C19H22N6O2/c1-5-24(6-2)19(26)15-11-16(14-8-7-13(3)12-20-14)25(23-15)17-9-10-18(27-4)22-21-17/h7-12H,5-6H2,1-4H3. The predicted octanol–water partition coefficient (Wildman–Crippen LogP) is 2.52. The van der Waals surface area contributed by atoms with Crippen molar-refractivity contribution in [2.24, 2.45) is 0 Å². The maximum absolute atomic E-state index is 12.8. The number of pyridine rings is 1. The maximum atomic E-state index is 12.8. The molecule has 3 aromatic heterocycles. The van der Waals surface area contributed by atoms with Gasteiger partial charge in [-0.05, 0) is 44.5 Å². The molecule has 0 spiro atoms. The Bertz CT molecular complexity index is 914. The lowest BCUT2D eigenvalue weighted by Gasteiger charge is -2.16. The highest BCUT2D eigenvalue weighted by atomic mass is 16.5. The molecule has 0 aliphatic carbocycles. The van der Waals surface area contributed by atoms with Crippen LogP contribution in [0.4, 0.5) is 0 Å². The molecule has 3 heterocycles. The van der Waals surface area contributed by atoms with Gasteiger partial charge in [0.15, 0.2) is 11.5 Å². The summed E-state index contributed by atoms with van der Waals surface area (Å²) >= 11 is 0. The Morgan fingerprint density at radius 3 is 2.48 bits per heavy atom. The van der Waals surface area contributed by atoms with Crippen LogP contribution in [0.25, 0.3) is 17.2 Å². The third-order valence-corrected chi connectivity index (χ3v) is 4.21. The second-order valence-corrected chi connectivity index (χ2v) is 5.96. The number of aromatic nitrogens is 5. The Labute approximate surface area is 157 Å². The Morgan fingerprint density at radius 2 is 1.93 bits per heavy atom. The largest absolute Gasteiger partial charge is 0.480 e. The molecule has 0 atom stereocenters. The predicted molar refractivity (Wildman–Crippen MR) is 101 cm³/mol. The molecule has 0 aliphatic rings. The first-order chi connectivity index (χ1) is 13.1. The normalized spacial score (nSPS) is 10.7. The van der Waals surface area contributed by atoms with Crippen LogP contribution in [0.2, 0.25) is 0 Å². The highest BCUT2D eigenvalue weighted by molar-refractivity contribution is 5.93. The number of ether oxygens (including phenoxy) is 1. The lowest BCUT2D eigenvalue weighted by molar-refractivity contribution is 0.0766. The molecule has 8 nitrogen and oxygen atoms in total. The van der Waals surface area contributed by atoms with Gasteiger partial charge < -0.3 is 9.64 Å². The van der Waals surface area contributed by atoms with E-state index < -0.39 is 0 Å². The molecule has 0 aliphatic heterocycles. The number of amides is 1. The molecule has 1 amide bonds. The van der Waals surface area contributed by atoms with Crippen molar-refractivity contribution in [1.82, 2.24) is 29.9 Å². The van der Waals surface area contributed by atoms with E-state index in [9.17, 15) is 4.79 Å². The number of aryl methyl sites for hydroxylation is 1. The first kappa shape index (κ1) is 18.5. The van der Waals surface area contributed by atoms with Crippen molar-refractivity contribution >= 4 is 5.91 Å². The first-order valence-corrected chi connectivity index (χ1v) is 8.77. The zero-order valence-corrected chi connectivity index (χ0v) is 15.9. The van der Waals surface area contributed by atoms with E-state index in [1.54, 1.807) is 34.0 Å². The molecule has 0 fully saturated rings. The van der Waals surface area contributed by atoms with E-state index in [0.717, 1.165) is 5.56 Å². The summed E-state index contributed by atoms with van der Waals surface area (Å²) in [6.07, 6.45) is 1.78. The number of carbonyl (C=O) groups is 1. The molecule has 3 rings (SSSR count). The number of carbonyl (C=O) groups excluding carboxylic acids is 1. The number of rotatable bonds is 6. The van der Waals surface area contributed by atoms with Crippen molar-refractivity contribution in [2.75, 3.05) is 20.2 Å². The van der Waals surface area contributed by atoms with Gasteiger partial charge in [-0.3, -0.25) is 9.78 Å². The van der Waals surface area contributed by atoms with E-state index in [-0.39, 0.29) is 5.91 Å². The Morgan fingerprint density at radius 1 is 1.15 bits per heavy atom. The summed E-state index contributed by atoms with van der Waals surface area (Å²) in [6.45, 7) is 7.08. The van der Waals surface area contributed by atoms with Crippen LogP contribution < -0.4 is 4.74 Å². The number of methoxy groups -OCH3 is 1. The highest BCUT2D eigenvalue weighted by Gasteiger charge is 2.21. The fraction of sp³-hybridized carbons (Fsp3) is 0.316. The third kappa shape index (κ3) is 3.79. The average Bonchev–Trinajstić information content (AvgIpc) is 3.15. The second kappa shape index (κ2) is 7.94. The molecule has 27 heavy (non-hydrogen) atoms. The van der Waals surface area contributed by atoms with E-state index in [1.165, 1.54) is 7.11 Å². The van der Waals surface area contributed by atoms with Crippen molar-refractivity contribution in [3.05, 3.63) is 47.8 Å². The molecular weight excluding hydrogens is 344 g/mol. The molecule has 3 aromatic rings. The van der Waals surface area contributed by atoms with Gasteiger partial charge in [0, 0.05) is 25.4 Å². The van der Waals surface area contributed by atoms with E-state index in [4.69, 9.17) is 4.74 Å². The highest BCUT2D eigenvalue weighted by Crippen LogP contribution is 2.23. The van der Waals surface area contributed by atoms with Crippen LogP contribution in [0.3, 0.4) is 0 Å². The Hall–Kier alpha value is -3.29. The van der Waals surface area contributed by atoms with E-state index >= 15 is 0 Å². The topological polar surface area (TPSA) is 86.0 Å². The molecule has 8 heteroatoms. The summed E-state index contributed by atoms with van der Waals surface area (Å²) in [5.74, 6) is 0.751. The third-order valence-electron chi connectivity index (χ3n) is 4.21. The van der Waals surface area contributed by atoms with Crippen LogP contribution in [-0.4, -0.2) is 56.0 Å². The molecule has 0 aromatic carbocycles. The minimum Gasteiger partial charge on any atom is -0.480 e. The fourth-order valence-electron chi connectivity index (χ4n) is 2.67. The minimum absolute atomic E-state index is 0.131. The van der Waals surface area contributed by atoms with E-state index in [2.05, 4.69) is 20.3 Å². The van der Waals surface area contributed by atoms with Gasteiger partial charge in [-0.2, -0.15) is 5.10 Å². The average molecular weight is 366 g/mol. The van der Waals surface area contributed by atoms with E-state index in [0.29, 0.717) is 41.9 Å². The minimum atomic E-state index is -0.131. The van der Waals surface area contributed by atoms with Crippen molar-refractivity contribution in [2.45, 2.75) is 20.8 Å². The summed E-state index contributed by atoms with van der Waals surface area (Å²) < 4.78 is 6.64. The van der Waals surface area contributed by atoms with Crippen molar-refractivity contribution in [1.29, 1.82) is 0 Å². The van der Waals surface area contributed by atoms with Gasteiger partial charge in [-0.1, -0.05) is 6.07 Å². The number of hydrogen-bond acceptors (Lipinski definition) is 6. The zero-order valence-electron chi connectivity index (χ0n) is 15.9. The summed E-state index contributed by atoms with van der Waals surface area (Å²) in [6, 6.07) is 9.03. The van der Waals surface area contributed by atoms with Gasteiger partial charge in [-0.15, -0.1) is 10.2 Å². The molecular formula is C19H22N6O2. The van der Waals surface area contributed by atoms with Crippen molar-refractivity contribution < 1.29 is 9.53 Å². The fourth-order valence-corrected chi connectivity index (χ4v) is 2.67. The first-order valence-electron chi connectivity index (χ1n) is 8.77. The van der Waals surface area contributed by atoms with Gasteiger partial charge in [0.2, 0.25) is 5.88 Å². The van der Waals surface area contributed by atoms with Gasteiger partial charge in [0.05, 0.1) is 18.5 Å². The molecule has 140 valence electrons. The van der Waals surface area contributed by atoms with Crippen LogP contribution in [0.1, 0.15) is 29.9 Å². The molecule has 0 saturated carbocycles. The molecule has 0 N–H and O–H groups in total. The lowest BCUT2D eigenvalue weighted by Crippen LogP contribution is -2.30. The van der Waals surface area contributed by atoms with Crippen LogP contribution in [-0.2, 0) is 0 Å². The molecule has 0 radical (unpaired) electrons. The Kier molecular flexibility index (Phi) is 5.44. The van der Waals surface area contributed by atoms with Gasteiger partial charge >= 0.3 is 0 Å². The zero-order chi connectivity index (χ0) is 19.4. The summed E-state index contributed by atoms with van der Waals surface area (Å²) in [5.41, 5.74) is 2.76. The van der Waals surface area contributed by atoms with Crippen molar-refractivity contribution in [3.63, 3.8) is 0 Å². The summed E-state index contributed by atoms with van der Waals surface area (Å²) in [4.78, 5) is 19.0. The smallest absolute Gasteiger partial charge is 0.274 e. The molecule has 0 unspecified atom stereocenters. The van der Waals surface area contributed by atoms with Gasteiger partial charge in [-0.25, -0.2) is 4.68 Å². The summed E-state index contributed by atoms with van der Waals surface area (Å²) in [7, 11) is 1.53. The van der Waals surface area contributed by atoms with Crippen molar-refractivity contribution in [3.8, 4) is 23.1 Å². The molecule has 0 saturated heterocycles. The van der Waals surface area contributed by atoms with Gasteiger partial charge in [0.25, 0.3) is 5.91 Å². The monoisotopic (exact) mass is 366 g/mol. The second-order valence-electron chi connectivity index (χ2n) is 5.96. The Balaban J connectivity index is 2.11. The van der Waals surface area contributed by atoms with E-state index in [1.807, 2.05) is 32.9 Å². The lowest BCUT2D eigenvalue weighted by atomic mass is 10.2. The quantitative estimate of drug-likeness (QED) is 0.666. The van der Waals surface area contributed by atoms with Gasteiger partial charge in [0.1, 0.15) is 0 Å². The van der Waals surface area contributed by atoms with Crippen LogP contribution in [0.5, 0.6) is 5.88 Å². The van der Waals surface area contributed by atoms with Crippen LogP contribution in [0.15, 0.2) is 36.5 Å². The summed E-state index contributed by atoms with van der Waals surface area (Å²) in [5, 5.41) is 12.6.